The van der Waals surface area contributed by atoms with Gasteiger partial charge in [-0.15, -0.1) is 0 Å². The van der Waals surface area contributed by atoms with Crippen molar-refractivity contribution in [2.75, 3.05) is 14.2 Å². The van der Waals surface area contributed by atoms with Crippen molar-refractivity contribution in [3.05, 3.63) is 93.6 Å². The maximum atomic E-state index is 14.1. The lowest BCUT2D eigenvalue weighted by Crippen LogP contribution is -2.43. The summed E-state index contributed by atoms with van der Waals surface area (Å²) in [4.78, 5) is 30.0. The molecule has 4 aromatic rings. The molecule has 1 amide bonds. The number of amides is 1. The molecule has 6 nitrogen and oxygen atoms in total. The summed E-state index contributed by atoms with van der Waals surface area (Å²) in [6.07, 6.45) is 1.58. The first-order valence-electron chi connectivity index (χ1n) is 11.0. The number of esters is 1. The van der Waals surface area contributed by atoms with Gasteiger partial charge in [0.1, 0.15) is 11.8 Å². The van der Waals surface area contributed by atoms with Crippen LogP contribution in [0.5, 0.6) is 5.75 Å². The molecular formula is C27H20Cl2F2N2O4. The maximum Gasteiger partial charge on any atom is 0.328 e. The quantitative estimate of drug-likeness (QED) is 0.288. The highest BCUT2D eigenvalue weighted by atomic mass is 35.5. The van der Waals surface area contributed by atoms with Gasteiger partial charge in [-0.05, 0) is 35.4 Å². The molecule has 1 aromatic heterocycles. The molecule has 3 aromatic carbocycles. The normalized spacial score (nSPS) is 11.7. The number of methoxy groups -OCH3 is 2. The molecule has 0 fully saturated rings. The summed E-state index contributed by atoms with van der Waals surface area (Å²) in [7, 11) is 2.57. The average Bonchev–Trinajstić information content (AvgIpc) is 2.89. The summed E-state index contributed by atoms with van der Waals surface area (Å²) in [5.74, 6) is -3.25. The van der Waals surface area contributed by atoms with E-state index in [0.717, 1.165) is 12.1 Å². The van der Waals surface area contributed by atoms with E-state index in [-0.39, 0.29) is 27.8 Å². The second kappa shape index (κ2) is 11.1. The molecule has 0 unspecified atom stereocenters. The highest BCUT2D eigenvalue weighted by Gasteiger charge is 2.26. The Balaban J connectivity index is 1.75. The number of halogens is 4. The zero-order chi connectivity index (χ0) is 26.7. The number of hydrogen-bond acceptors (Lipinski definition) is 5. The van der Waals surface area contributed by atoms with Crippen molar-refractivity contribution in [1.82, 2.24) is 10.3 Å². The molecule has 0 aliphatic rings. The van der Waals surface area contributed by atoms with E-state index < -0.39 is 29.6 Å². The summed E-state index contributed by atoms with van der Waals surface area (Å²) in [5.41, 5.74) is 2.00. The number of rotatable bonds is 7. The Morgan fingerprint density at radius 3 is 2.35 bits per heavy atom. The van der Waals surface area contributed by atoms with Gasteiger partial charge in [0.15, 0.2) is 11.6 Å². The van der Waals surface area contributed by atoms with Gasteiger partial charge in [0, 0.05) is 29.6 Å². The summed E-state index contributed by atoms with van der Waals surface area (Å²) < 4.78 is 38.1. The molecule has 1 atom stereocenters. The molecule has 0 radical (unpaired) electrons. The van der Waals surface area contributed by atoms with Crippen molar-refractivity contribution in [3.63, 3.8) is 0 Å². The van der Waals surface area contributed by atoms with Crippen molar-refractivity contribution in [2.24, 2.45) is 0 Å². The van der Waals surface area contributed by atoms with Gasteiger partial charge in [0.05, 0.1) is 35.3 Å². The fourth-order valence-electron chi connectivity index (χ4n) is 4.04. The van der Waals surface area contributed by atoms with E-state index in [0.29, 0.717) is 27.6 Å². The molecule has 190 valence electrons. The van der Waals surface area contributed by atoms with Gasteiger partial charge in [0.2, 0.25) is 0 Å². The highest BCUT2D eigenvalue weighted by molar-refractivity contribution is 6.39. The Morgan fingerprint density at radius 2 is 1.68 bits per heavy atom. The van der Waals surface area contributed by atoms with Crippen molar-refractivity contribution in [3.8, 4) is 16.9 Å². The second-order valence-electron chi connectivity index (χ2n) is 7.99. The van der Waals surface area contributed by atoms with Gasteiger partial charge >= 0.3 is 5.97 Å². The van der Waals surface area contributed by atoms with E-state index in [1.807, 2.05) is 0 Å². The first-order chi connectivity index (χ1) is 17.7. The van der Waals surface area contributed by atoms with Gasteiger partial charge in [-0.25, -0.2) is 13.6 Å². The van der Waals surface area contributed by atoms with E-state index in [4.69, 9.17) is 32.7 Å². The Morgan fingerprint density at radius 1 is 0.973 bits per heavy atom. The molecule has 1 N–H and O–H groups in total. The smallest absolute Gasteiger partial charge is 0.328 e. The Bertz CT molecular complexity index is 1490. The minimum absolute atomic E-state index is 0.0171. The summed E-state index contributed by atoms with van der Waals surface area (Å²) in [6.45, 7) is 0. The highest BCUT2D eigenvalue weighted by Crippen LogP contribution is 2.37. The van der Waals surface area contributed by atoms with Crippen molar-refractivity contribution in [1.29, 1.82) is 0 Å². The van der Waals surface area contributed by atoms with Gasteiger partial charge in [-0.2, -0.15) is 0 Å². The Kier molecular flexibility index (Phi) is 7.90. The van der Waals surface area contributed by atoms with Crippen molar-refractivity contribution >= 4 is 46.0 Å². The van der Waals surface area contributed by atoms with E-state index in [1.54, 1.807) is 36.5 Å². The van der Waals surface area contributed by atoms with E-state index in [9.17, 15) is 18.4 Å². The van der Waals surface area contributed by atoms with E-state index in [1.165, 1.54) is 26.4 Å². The number of pyridine rings is 1. The lowest BCUT2D eigenvalue weighted by Gasteiger charge is -2.19. The first-order valence-corrected chi connectivity index (χ1v) is 11.7. The molecule has 10 heteroatoms. The third-order valence-corrected chi connectivity index (χ3v) is 6.42. The van der Waals surface area contributed by atoms with Crippen LogP contribution in [-0.2, 0) is 16.0 Å². The molecule has 0 spiro atoms. The zero-order valence-electron chi connectivity index (χ0n) is 19.7. The minimum atomic E-state index is -1.10. The van der Waals surface area contributed by atoms with Crippen LogP contribution < -0.4 is 10.1 Å². The van der Waals surface area contributed by atoms with Crippen LogP contribution in [0.2, 0.25) is 10.0 Å². The van der Waals surface area contributed by atoms with Crippen molar-refractivity contribution in [2.45, 2.75) is 12.5 Å². The third-order valence-electron chi connectivity index (χ3n) is 5.79. The predicted molar refractivity (Wildman–Crippen MR) is 137 cm³/mol. The summed E-state index contributed by atoms with van der Waals surface area (Å²) in [5, 5.41) is 3.50. The number of carbonyl (C=O) groups is 2. The fraction of sp³-hybridized carbons (Fsp3) is 0.148. The van der Waals surface area contributed by atoms with Crippen molar-refractivity contribution < 1.29 is 27.8 Å². The second-order valence-corrected chi connectivity index (χ2v) is 8.80. The third kappa shape index (κ3) is 5.35. The Hall–Kier alpha value is -3.75. The molecule has 0 aliphatic heterocycles. The molecule has 0 saturated heterocycles. The van der Waals surface area contributed by atoms with Gasteiger partial charge in [-0.3, -0.25) is 9.78 Å². The van der Waals surface area contributed by atoms with Gasteiger partial charge in [-0.1, -0.05) is 47.5 Å². The standard InChI is InChI=1S/C27H20Cl2F2N2O4/c1-36-23-13-21(31)20(30)12-17(23)15-9-8-14(25-16(15)5-4-10-32-25)11-22(27(35)37-2)33-26(34)24-18(28)6-3-7-19(24)29/h3-10,12-13,22H,11H2,1-2H3,(H,33,34)/t22-/m0/s1. The number of carbonyl (C=O) groups excluding carboxylic acids is 2. The molecule has 37 heavy (non-hydrogen) atoms. The first kappa shape index (κ1) is 26.3. The number of fused-ring (bicyclic) bond motifs is 1. The van der Waals surface area contributed by atoms with Crippen LogP contribution in [0.1, 0.15) is 15.9 Å². The predicted octanol–water partition coefficient (Wildman–Crippen LogP) is 6.01. The van der Waals surface area contributed by atoms with Crippen LogP contribution in [0.15, 0.2) is 60.8 Å². The topological polar surface area (TPSA) is 77.5 Å². The van der Waals surface area contributed by atoms with Gasteiger partial charge in [0.25, 0.3) is 5.91 Å². The van der Waals surface area contributed by atoms with Crippen LogP contribution >= 0.6 is 23.2 Å². The molecular weight excluding hydrogens is 525 g/mol. The Labute approximate surface area is 221 Å². The molecule has 0 bridgehead atoms. The monoisotopic (exact) mass is 544 g/mol. The zero-order valence-corrected chi connectivity index (χ0v) is 21.2. The number of hydrogen-bond donors (Lipinski definition) is 1. The summed E-state index contributed by atoms with van der Waals surface area (Å²) in [6, 6.07) is 12.4. The number of nitrogens with one attached hydrogen (secondary N) is 1. The number of nitrogens with zero attached hydrogens (tertiary/aromatic N) is 1. The van der Waals surface area contributed by atoms with Crippen LogP contribution in [0, 0.1) is 11.6 Å². The van der Waals surface area contributed by atoms with Crippen LogP contribution in [0.4, 0.5) is 8.78 Å². The lowest BCUT2D eigenvalue weighted by molar-refractivity contribution is -0.142. The number of aromatic nitrogens is 1. The number of ether oxygens (including phenoxy) is 2. The maximum absolute atomic E-state index is 14.1. The summed E-state index contributed by atoms with van der Waals surface area (Å²) >= 11 is 12.3. The molecule has 0 aliphatic carbocycles. The number of benzene rings is 3. The SMILES string of the molecule is COC(=O)[C@H](Cc1ccc(-c2cc(F)c(F)cc2OC)c2cccnc12)NC(=O)c1c(Cl)cccc1Cl. The van der Waals surface area contributed by atoms with Crippen LogP contribution in [0.25, 0.3) is 22.0 Å². The van der Waals surface area contributed by atoms with E-state index >= 15 is 0 Å². The largest absolute Gasteiger partial charge is 0.496 e. The lowest BCUT2D eigenvalue weighted by atomic mass is 9.94. The van der Waals surface area contributed by atoms with Crippen LogP contribution in [-0.4, -0.2) is 37.1 Å². The minimum Gasteiger partial charge on any atom is -0.496 e. The molecule has 0 saturated carbocycles. The van der Waals surface area contributed by atoms with Crippen LogP contribution in [0.3, 0.4) is 0 Å². The van der Waals surface area contributed by atoms with E-state index in [2.05, 4.69) is 10.3 Å². The average molecular weight is 545 g/mol. The molecule has 1 heterocycles. The molecule has 4 rings (SSSR count). The van der Waals surface area contributed by atoms with Gasteiger partial charge < -0.3 is 14.8 Å². The fourth-order valence-corrected chi connectivity index (χ4v) is 4.61.